The predicted octanol–water partition coefficient (Wildman–Crippen LogP) is 4.40. The molecule has 4 rings (SSSR count). The molecule has 2 amide bonds. The second kappa shape index (κ2) is 10.3. The number of carbonyl (C=O) groups excluding carboxylic acids is 2. The monoisotopic (exact) mass is 533 g/mol. The molecule has 2 aromatic rings. The first-order valence-electron chi connectivity index (χ1n) is 12.2. The summed E-state index contributed by atoms with van der Waals surface area (Å²) in [5.41, 5.74) is -1.28. The highest BCUT2D eigenvalue weighted by molar-refractivity contribution is 6.07. The van der Waals surface area contributed by atoms with Gasteiger partial charge in [0.25, 0.3) is 5.91 Å². The number of methoxy groups -OCH3 is 1. The Labute approximate surface area is 218 Å². The van der Waals surface area contributed by atoms with Gasteiger partial charge in [-0.3, -0.25) is 14.7 Å². The summed E-state index contributed by atoms with van der Waals surface area (Å²) in [6, 6.07) is 10.1. The fourth-order valence-electron chi connectivity index (χ4n) is 4.69. The Morgan fingerprint density at radius 2 is 1.82 bits per heavy atom. The van der Waals surface area contributed by atoms with Crippen LogP contribution in [0.15, 0.2) is 47.5 Å². The molecular weight excluding hydrogens is 503 g/mol. The van der Waals surface area contributed by atoms with Gasteiger partial charge in [-0.2, -0.15) is 13.2 Å². The first-order valence-corrected chi connectivity index (χ1v) is 12.2. The number of hydrogen-bond donors (Lipinski definition) is 1. The molecule has 204 valence electrons. The summed E-state index contributed by atoms with van der Waals surface area (Å²) in [4.78, 5) is 33.1. The largest absolute Gasteiger partial charge is 0.497 e. The molecule has 0 aromatic heterocycles. The van der Waals surface area contributed by atoms with Gasteiger partial charge in [-0.25, -0.2) is 4.79 Å². The smallest absolute Gasteiger partial charge is 0.416 e. The van der Waals surface area contributed by atoms with Crippen molar-refractivity contribution in [2.45, 2.75) is 51.0 Å². The fourth-order valence-corrected chi connectivity index (χ4v) is 4.69. The third kappa shape index (κ3) is 5.62. The van der Waals surface area contributed by atoms with E-state index in [-0.39, 0.29) is 43.1 Å². The standard InChI is InChI=1S/C27H30F3N3O5/c1-26(2,3)38-25(36)32-13-12-31-22(32)15-33-21-7-5-6-20(27(28,29)30)19(21)14-18(23(34)24(33)35)16-8-10-17(37-4)11-9-16/h5-11,18,23,34H,12-15H2,1-4H3/t18-,23+/m0/s1. The minimum Gasteiger partial charge on any atom is -0.497 e. The van der Waals surface area contributed by atoms with Gasteiger partial charge >= 0.3 is 12.3 Å². The Bertz CT molecular complexity index is 1240. The Balaban J connectivity index is 1.76. The van der Waals surface area contributed by atoms with Crippen LogP contribution in [0.25, 0.3) is 0 Å². The van der Waals surface area contributed by atoms with Crippen molar-refractivity contribution in [2.24, 2.45) is 4.99 Å². The molecule has 38 heavy (non-hydrogen) atoms. The first-order chi connectivity index (χ1) is 17.8. The maximum atomic E-state index is 14.1. The summed E-state index contributed by atoms with van der Waals surface area (Å²) in [6.07, 6.45) is -7.23. The second-order valence-electron chi connectivity index (χ2n) is 10.2. The number of amides is 2. The van der Waals surface area contributed by atoms with E-state index < -0.39 is 41.4 Å². The Morgan fingerprint density at radius 3 is 2.42 bits per heavy atom. The lowest BCUT2D eigenvalue weighted by molar-refractivity contribution is -0.138. The number of rotatable bonds is 4. The normalized spacial score (nSPS) is 20.1. The van der Waals surface area contributed by atoms with Crippen LogP contribution in [0.3, 0.4) is 0 Å². The number of fused-ring (bicyclic) bond motifs is 1. The number of alkyl halides is 3. The highest BCUT2D eigenvalue weighted by Crippen LogP contribution is 2.42. The van der Waals surface area contributed by atoms with Crippen molar-refractivity contribution in [1.82, 2.24) is 4.90 Å². The molecule has 0 spiro atoms. The van der Waals surface area contributed by atoms with E-state index in [1.165, 1.54) is 24.1 Å². The molecule has 2 atom stereocenters. The number of ether oxygens (including phenoxy) is 2. The van der Waals surface area contributed by atoms with E-state index in [9.17, 15) is 27.9 Å². The van der Waals surface area contributed by atoms with Gasteiger partial charge in [-0.15, -0.1) is 0 Å². The van der Waals surface area contributed by atoms with E-state index in [2.05, 4.69) is 4.99 Å². The van der Waals surface area contributed by atoms with Gasteiger partial charge in [0.15, 0.2) is 0 Å². The molecule has 1 N–H and O–H groups in total. The highest BCUT2D eigenvalue weighted by Gasteiger charge is 2.43. The fraction of sp³-hybridized carbons (Fsp3) is 0.444. The number of carbonyl (C=O) groups is 2. The number of hydrogen-bond acceptors (Lipinski definition) is 6. The average molecular weight is 534 g/mol. The van der Waals surface area contributed by atoms with E-state index in [4.69, 9.17) is 9.47 Å². The van der Waals surface area contributed by atoms with E-state index >= 15 is 0 Å². The van der Waals surface area contributed by atoms with Crippen LogP contribution in [0, 0.1) is 0 Å². The van der Waals surface area contributed by atoms with Crippen molar-refractivity contribution in [2.75, 3.05) is 31.6 Å². The van der Waals surface area contributed by atoms with Gasteiger partial charge in [0, 0.05) is 11.6 Å². The minimum absolute atomic E-state index is 0.0126. The zero-order chi connectivity index (χ0) is 27.8. The molecule has 0 fully saturated rings. The number of aliphatic hydroxyl groups excluding tert-OH is 1. The quantitative estimate of drug-likeness (QED) is 0.629. The maximum Gasteiger partial charge on any atom is 0.416 e. The number of aliphatic hydroxyl groups is 1. The van der Waals surface area contributed by atoms with Crippen LogP contribution in [0.1, 0.15) is 43.4 Å². The van der Waals surface area contributed by atoms with E-state index in [0.29, 0.717) is 11.3 Å². The summed E-state index contributed by atoms with van der Waals surface area (Å²) >= 11 is 0. The number of halogens is 3. The lowest BCUT2D eigenvalue weighted by atomic mass is 9.86. The molecule has 0 aliphatic carbocycles. The Hall–Kier alpha value is -3.60. The zero-order valence-corrected chi connectivity index (χ0v) is 21.6. The van der Waals surface area contributed by atoms with Gasteiger partial charge in [0.1, 0.15) is 23.3 Å². The lowest BCUT2D eigenvalue weighted by Crippen LogP contribution is -2.48. The van der Waals surface area contributed by atoms with Crippen molar-refractivity contribution >= 4 is 23.5 Å². The van der Waals surface area contributed by atoms with Crippen molar-refractivity contribution in [3.63, 3.8) is 0 Å². The van der Waals surface area contributed by atoms with Crippen molar-refractivity contribution in [3.8, 4) is 5.75 Å². The van der Waals surface area contributed by atoms with Crippen LogP contribution in [-0.2, 0) is 22.1 Å². The number of aliphatic imine (C=N–C) groups is 1. The average Bonchev–Trinajstić information content (AvgIpc) is 3.28. The van der Waals surface area contributed by atoms with Gasteiger partial charge in [-0.1, -0.05) is 18.2 Å². The van der Waals surface area contributed by atoms with Crippen molar-refractivity contribution in [3.05, 3.63) is 59.2 Å². The summed E-state index contributed by atoms with van der Waals surface area (Å²) in [6.45, 7) is 5.28. The predicted molar refractivity (Wildman–Crippen MR) is 134 cm³/mol. The topological polar surface area (TPSA) is 91.7 Å². The van der Waals surface area contributed by atoms with Crippen LogP contribution in [-0.4, -0.2) is 66.3 Å². The second-order valence-corrected chi connectivity index (χ2v) is 10.2. The molecular formula is C27H30F3N3O5. The minimum atomic E-state index is -4.69. The summed E-state index contributed by atoms with van der Waals surface area (Å²) in [5, 5.41) is 11.2. The summed E-state index contributed by atoms with van der Waals surface area (Å²) in [5.74, 6) is -1.04. The van der Waals surface area contributed by atoms with Gasteiger partial charge in [0.2, 0.25) is 0 Å². The van der Waals surface area contributed by atoms with E-state index in [1.54, 1.807) is 45.0 Å². The van der Waals surface area contributed by atoms with Crippen LogP contribution in [0.5, 0.6) is 5.75 Å². The third-order valence-corrected chi connectivity index (χ3v) is 6.46. The number of amidine groups is 1. The molecule has 0 saturated carbocycles. The van der Waals surface area contributed by atoms with Gasteiger partial charge in [-0.05, 0) is 62.6 Å². The molecule has 2 heterocycles. The lowest BCUT2D eigenvalue weighted by Gasteiger charge is -2.29. The summed E-state index contributed by atoms with van der Waals surface area (Å²) < 4.78 is 52.9. The van der Waals surface area contributed by atoms with E-state index in [1.807, 2.05) is 0 Å². The highest BCUT2D eigenvalue weighted by atomic mass is 19.4. The molecule has 2 aromatic carbocycles. The number of benzene rings is 2. The van der Waals surface area contributed by atoms with Crippen LogP contribution in [0.2, 0.25) is 0 Å². The molecule has 0 saturated heterocycles. The first kappa shape index (κ1) is 27.4. The van der Waals surface area contributed by atoms with Crippen LogP contribution < -0.4 is 9.64 Å². The Morgan fingerprint density at radius 1 is 1.13 bits per heavy atom. The molecule has 2 aliphatic heterocycles. The molecule has 11 heteroatoms. The third-order valence-electron chi connectivity index (χ3n) is 6.46. The molecule has 0 radical (unpaired) electrons. The van der Waals surface area contributed by atoms with Gasteiger partial charge in [0.05, 0.1) is 32.3 Å². The molecule has 2 aliphatic rings. The van der Waals surface area contributed by atoms with Crippen molar-refractivity contribution in [1.29, 1.82) is 0 Å². The zero-order valence-electron chi connectivity index (χ0n) is 21.6. The summed E-state index contributed by atoms with van der Waals surface area (Å²) in [7, 11) is 1.48. The van der Waals surface area contributed by atoms with Gasteiger partial charge < -0.3 is 19.5 Å². The maximum absolute atomic E-state index is 14.1. The molecule has 8 nitrogen and oxygen atoms in total. The number of nitrogens with zero attached hydrogens (tertiary/aromatic N) is 3. The van der Waals surface area contributed by atoms with Crippen molar-refractivity contribution < 1.29 is 37.3 Å². The Kier molecular flexibility index (Phi) is 7.42. The number of anilines is 1. The van der Waals surface area contributed by atoms with E-state index in [0.717, 1.165) is 11.0 Å². The SMILES string of the molecule is COc1ccc([C@@H]2Cc3c(cccc3C(F)(F)F)N(CC3=NCCN3C(=O)OC(C)(C)C)C(=O)[C@@H]2O)cc1. The van der Waals surface area contributed by atoms with Crippen LogP contribution in [0.4, 0.5) is 23.7 Å². The molecule has 0 bridgehead atoms. The molecule has 0 unspecified atom stereocenters. The van der Waals surface area contributed by atoms with Crippen LogP contribution >= 0.6 is 0 Å².